The minimum Gasteiger partial charge on any atom is -0.394 e. The van der Waals surface area contributed by atoms with Crippen LogP contribution in [0.2, 0.25) is 0 Å². The molecule has 2 fully saturated rings. The molecule has 0 heterocycles. The van der Waals surface area contributed by atoms with Gasteiger partial charge in [0.1, 0.15) is 0 Å². The van der Waals surface area contributed by atoms with E-state index in [1.807, 2.05) is 0 Å². The Labute approximate surface area is 111 Å². The molecule has 2 aliphatic carbocycles. The van der Waals surface area contributed by atoms with E-state index in [2.05, 4.69) is 12.2 Å². The van der Waals surface area contributed by atoms with Crippen molar-refractivity contribution in [3.05, 3.63) is 0 Å². The van der Waals surface area contributed by atoms with E-state index < -0.39 is 0 Å². The monoisotopic (exact) mass is 255 g/mol. The lowest BCUT2D eigenvalue weighted by atomic mass is 9.91. The number of aliphatic hydroxyl groups excluding tert-OH is 1. The third-order valence-electron chi connectivity index (χ3n) is 4.52. The van der Waals surface area contributed by atoms with Crippen LogP contribution in [0.4, 0.5) is 0 Å². The highest BCUT2D eigenvalue weighted by atomic mass is 16.5. The standard InChI is InChI=1S/C15H29NO2/c1-2-15(12-17,16-13-8-9-13)10-5-11-18-14-6-3-4-7-14/h13-14,16-17H,2-12H2,1H3. The molecule has 2 aliphatic rings. The van der Waals surface area contributed by atoms with Crippen molar-refractivity contribution in [2.75, 3.05) is 13.2 Å². The van der Waals surface area contributed by atoms with E-state index >= 15 is 0 Å². The first-order valence-electron chi connectivity index (χ1n) is 7.78. The fraction of sp³-hybridized carbons (Fsp3) is 1.00. The summed E-state index contributed by atoms with van der Waals surface area (Å²) >= 11 is 0. The van der Waals surface area contributed by atoms with Gasteiger partial charge in [-0.25, -0.2) is 0 Å². The molecule has 3 heteroatoms. The van der Waals surface area contributed by atoms with Gasteiger partial charge in [0, 0.05) is 18.2 Å². The van der Waals surface area contributed by atoms with Crippen LogP contribution in [0.1, 0.15) is 64.7 Å². The lowest BCUT2D eigenvalue weighted by Crippen LogP contribution is -2.49. The SMILES string of the molecule is CCC(CO)(CCCOC1CCCC1)NC1CC1. The molecule has 0 aromatic heterocycles. The number of rotatable bonds is 9. The highest BCUT2D eigenvalue weighted by Gasteiger charge is 2.33. The van der Waals surface area contributed by atoms with Gasteiger partial charge in [-0.2, -0.15) is 0 Å². The zero-order valence-corrected chi connectivity index (χ0v) is 11.8. The number of hydrogen-bond donors (Lipinski definition) is 2. The Morgan fingerprint density at radius 2 is 1.94 bits per heavy atom. The molecule has 0 radical (unpaired) electrons. The number of ether oxygens (including phenoxy) is 1. The van der Waals surface area contributed by atoms with Crippen LogP contribution in [0.3, 0.4) is 0 Å². The van der Waals surface area contributed by atoms with Crippen molar-refractivity contribution in [2.45, 2.75) is 82.4 Å². The molecule has 0 saturated heterocycles. The van der Waals surface area contributed by atoms with Crippen molar-refractivity contribution in [1.82, 2.24) is 5.32 Å². The Kier molecular flexibility index (Phi) is 5.46. The van der Waals surface area contributed by atoms with Crippen molar-refractivity contribution >= 4 is 0 Å². The summed E-state index contributed by atoms with van der Waals surface area (Å²) < 4.78 is 5.90. The van der Waals surface area contributed by atoms with E-state index in [1.54, 1.807) is 0 Å². The summed E-state index contributed by atoms with van der Waals surface area (Å²) in [7, 11) is 0. The Morgan fingerprint density at radius 1 is 1.22 bits per heavy atom. The van der Waals surface area contributed by atoms with E-state index in [4.69, 9.17) is 4.74 Å². The summed E-state index contributed by atoms with van der Waals surface area (Å²) in [6, 6.07) is 0.660. The van der Waals surface area contributed by atoms with Crippen molar-refractivity contribution in [3.8, 4) is 0 Å². The molecule has 2 rings (SSSR count). The van der Waals surface area contributed by atoms with Gasteiger partial charge in [0.05, 0.1) is 12.7 Å². The zero-order valence-electron chi connectivity index (χ0n) is 11.8. The molecule has 0 aromatic rings. The smallest absolute Gasteiger partial charge is 0.0613 e. The molecule has 1 atom stereocenters. The minimum absolute atomic E-state index is 0.0554. The van der Waals surface area contributed by atoms with Crippen LogP contribution in [0.25, 0.3) is 0 Å². The molecule has 0 spiro atoms. The Bertz CT molecular complexity index is 231. The van der Waals surface area contributed by atoms with Gasteiger partial charge in [-0.15, -0.1) is 0 Å². The maximum absolute atomic E-state index is 9.66. The Morgan fingerprint density at radius 3 is 2.50 bits per heavy atom. The molecule has 106 valence electrons. The van der Waals surface area contributed by atoms with Crippen LogP contribution in [-0.4, -0.2) is 36.0 Å². The molecule has 2 saturated carbocycles. The lowest BCUT2D eigenvalue weighted by molar-refractivity contribution is 0.0469. The predicted octanol–water partition coefficient (Wildman–Crippen LogP) is 2.62. The maximum Gasteiger partial charge on any atom is 0.0613 e. The molecular weight excluding hydrogens is 226 g/mol. The lowest BCUT2D eigenvalue weighted by Gasteiger charge is -2.32. The molecule has 1 unspecified atom stereocenters. The van der Waals surface area contributed by atoms with E-state index in [9.17, 15) is 5.11 Å². The second kappa shape index (κ2) is 6.88. The van der Waals surface area contributed by atoms with Gasteiger partial charge in [0.25, 0.3) is 0 Å². The molecular formula is C15H29NO2. The summed E-state index contributed by atoms with van der Waals surface area (Å²) in [5.41, 5.74) is -0.0554. The second-order valence-electron chi connectivity index (χ2n) is 6.09. The van der Waals surface area contributed by atoms with E-state index in [0.717, 1.165) is 25.9 Å². The molecule has 3 nitrogen and oxygen atoms in total. The van der Waals surface area contributed by atoms with Crippen molar-refractivity contribution in [2.24, 2.45) is 0 Å². The van der Waals surface area contributed by atoms with Crippen LogP contribution in [0, 0.1) is 0 Å². The second-order valence-corrected chi connectivity index (χ2v) is 6.09. The van der Waals surface area contributed by atoms with Gasteiger partial charge in [-0.05, 0) is 44.9 Å². The van der Waals surface area contributed by atoms with Crippen molar-refractivity contribution in [1.29, 1.82) is 0 Å². The average molecular weight is 255 g/mol. The first-order valence-corrected chi connectivity index (χ1v) is 7.78. The Balaban J connectivity index is 1.64. The molecule has 0 amide bonds. The van der Waals surface area contributed by atoms with Crippen LogP contribution in [0.5, 0.6) is 0 Å². The highest BCUT2D eigenvalue weighted by Crippen LogP contribution is 2.27. The van der Waals surface area contributed by atoms with Crippen LogP contribution < -0.4 is 5.32 Å². The minimum atomic E-state index is -0.0554. The third-order valence-corrected chi connectivity index (χ3v) is 4.52. The van der Waals surface area contributed by atoms with Gasteiger partial charge >= 0.3 is 0 Å². The summed E-state index contributed by atoms with van der Waals surface area (Å²) in [5.74, 6) is 0. The van der Waals surface area contributed by atoms with E-state index in [1.165, 1.54) is 38.5 Å². The molecule has 0 bridgehead atoms. The van der Waals surface area contributed by atoms with Gasteiger partial charge in [-0.1, -0.05) is 19.8 Å². The number of aliphatic hydroxyl groups is 1. The normalized spacial score (nSPS) is 24.3. The quantitative estimate of drug-likeness (QED) is 0.622. The molecule has 0 aliphatic heterocycles. The number of nitrogens with one attached hydrogen (secondary N) is 1. The summed E-state index contributed by atoms with van der Waals surface area (Å²) in [6.45, 7) is 3.28. The summed E-state index contributed by atoms with van der Waals surface area (Å²) in [5, 5.41) is 13.3. The largest absolute Gasteiger partial charge is 0.394 e. The van der Waals surface area contributed by atoms with Gasteiger partial charge in [-0.3, -0.25) is 0 Å². The summed E-state index contributed by atoms with van der Waals surface area (Å²) in [4.78, 5) is 0. The first kappa shape index (κ1) is 14.3. The molecule has 2 N–H and O–H groups in total. The predicted molar refractivity (Wildman–Crippen MR) is 73.7 cm³/mol. The van der Waals surface area contributed by atoms with Gasteiger partial charge in [0.2, 0.25) is 0 Å². The fourth-order valence-corrected chi connectivity index (χ4v) is 2.96. The van der Waals surface area contributed by atoms with Gasteiger partial charge < -0.3 is 15.2 Å². The molecule has 18 heavy (non-hydrogen) atoms. The van der Waals surface area contributed by atoms with Crippen molar-refractivity contribution < 1.29 is 9.84 Å². The van der Waals surface area contributed by atoms with Crippen LogP contribution in [0.15, 0.2) is 0 Å². The molecule has 0 aromatic carbocycles. The first-order chi connectivity index (χ1) is 8.78. The van der Waals surface area contributed by atoms with Crippen molar-refractivity contribution in [3.63, 3.8) is 0 Å². The van der Waals surface area contributed by atoms with Crippen LogP contribution >= 0.6 is 0 Å². The maximum atomic E-state index is 9.66. The van der Waals surface area contributed by atoms with E-state index in [-0.39, 0.29) is 12.1 Å². The van der Waals surface area contributed by atoms with Crippen LogP contribution in [-0.2, 0) is 4.74 Å². The van der Waals surface area contributed by atoms with E-state index in [0.29, 0.717) is 12.1 Å². The Hall–Kier alpha value is -0.120. The van der Waals surface area contributed by atoms with Gasteiger partial charge in [0.15, 0.2) is 0 Å². The fourth-order valence-electron chi connectivity index (χ4n) is 2.96. The number of hydrogen-bond acceptors (Lipinski definition) is 3. The zero-order chi connectivity index (χ0) is 12.8. The topological polar surface area (TPSA) is 41.5 Å². The average Bonchev–Trinajstić information content (AvgIpc) is 3.05. The summed E-state index contributed by atoms with van der Waals surface area (Å²) in [6.07, 6.45) is 11.3. The highest BCUT2D eigenvalue weighted by molar-refractivity contribution is 4.94. The third kappa shape index (κ3) is 4.22.